The molecule has 1 aliphatic carbocycles. The molecule has 2 aromatic rings. The first-order chi connectivity index (χ1) is 12.6. The van der Waals surface area contributed by atoms with Gasteiger partial charge in [0.1, 0.15) is 12.3 Å². The van der Waals surface area contributed by atoms with E-state index in [1.54, 1.807) is 0 Å². The lowest BCUT2D eigenvalue weighted by Gasteiger charge is -2.10. The summed E-state index contributed by atoms with van der Waals surface area (Å²) in [6.45, 7) is 0.397. The topological polar surface area (TPSA) is 110 Å². The number of nitrogens with zero attached hydrogens (tertiary/aromatic N) is 1. The van der Waals surface area contributed by atoms with Crippen molar-refractivity contribution in [3.63, 3.8) is 0 Å². The minimum absolute atomic E-state index is 0.0380. The fourth-order valence-electron chi connectivity index (χ4n) is 2.58. The number of ketones is 2. The summed E-state index contributed by atoms with van der Waals surface area (Å²) in [7, 11) is 1.32. The number of allylic oxidation sites excluding steroid dienone is 2. The first-order valence-corrected chi connectivity index (χ1v) is 7.96. The molecule has 0 radical (unpaired) electrons. The second kappa shape index (κ2) is 7.64. The van der Waals surface area contributed by atoms with Crippen LogP contribution < -0.4 is 5.32 Å². The molecule has 1 aromatic heterocycles. The molecule has 3 rings (SSSR count). The van der Waals surface area contributed by atoms with Crippen LogP contribution in [0.4, 0.5) is 4.79 Å². The highest BCUT2D eigenvalue weighted by atomic mass is 16.5. The Morgan fingerprint density at radius 3 is 2.73 bits per heavy atom. The van der Waals surface area contributed by atoms with Gasteiger partial charge in [0.25, 0.3) is 0 Å². The zero-order valence-electron chi connectivity index (χ0n) is 14.1. The Bertz CT molecular complexity index is 870. The van der Waals surface area contributed by atoms with Gasteiger partial charge < -0.3 is 14.8 Å². The Morgan fingerprint density at radius 1 is 1.23 bits per heavy atom. The van der Waals surface area contributed by atoms with Crippen LogP contribution in [0.3, 0.4) is 0 Å². The second-order valence-corrected chi connectivity index (χ2v) is 5.57. The summed E-state index contributed by atoms with van der Waals surface area (Å²) in [5, 5.41) is 9.18. The summed E-state index contributed by atoms with van der Waals surface area (Å²) in [6.07, 6.45) is 0.884. The maximum atomic E-state index is 12.2. The van der Waals surface area contributed by atoms with Crippen LogP contribution in [-0.4, -0.2) is 41.5 Å². The first-order valence-electron chi connectivity index (χ1n) is 7.96. The number of benzene rings is 1. The van der Waals surface area contributed by atoms with E-state index < -0.39 is 11.9 Å². The normalized spacial score (nSPS) is 13.0. The Hall–Kier alpha value is -3.42. The number of amides is 1. The van der Waals surface area contributed by atoms with Crippen LogP contribution in [0.5, 0.6) is 0 Å². The van der Waals surface area contributed by atoms with Crippen molar-refractivity contribution < 1.29 is 23.9 Å². The Balaban J connectivity index is 1.53. The lowest BCUT2D eigenvalue weighted by Crippen LogP contribution is -2.27. The van der Waals surface area contributed by atoms with Gasteiger partial charge in [0.2, 0.25) is 5.78 Å². The zero-order valence-corrected chi connectivity index (χ0v) is 14.1. The molecule has 0 saturated heterocycles. The largest absolute Gasteiger partial charge is 0.492 e. The van der Waals surface area contributed by atoms with E-state index in [1.165, 1.54) is 7.11 Å². The third kappa shape index (κ3) is 3.64. The van der Waals surface area contributed by atoms with Gasteiger partial charge in [0.05, 0.1) is 12.7 Å². The molecule has 1 aromatic carbocycles. The summed E-state index contributed by atoms with van der Waals surface area (Å²) in [5.74, 6) is -0.838. The molecule has 0 fully saturated rings. The van der Waals surface area contributed by atoms with Gasteiger partial charge in [0.15, 0.2) is 11.5 Å². The van der Waals surface area contributed by atoms with Crippen molar-refractivity contribution in [1.29, 1.82) is 0 Å². The van der Waals surface area contributed by atoms with Crippen molar-refractivity contribution in [2.45, 2.75) is 13.0 Å². The summed E-state index contributed by atoms with van der Waals surface area (Å²) >= 11 is 0. The maximum Gasteiger partial charge on any atom is 0.407 e. The standard InChI is InChI=1S/C18H17N3O5/c1-25-14-9-13(22)15-12(20-21-16(15)17(14)23)7-8-19-18(24)26-10-11-5-3-2-4-6-11/h2-6,9H,7-8,10H2,1H3,(H,19,24)(H,20,21). The minimum Gasteiger partial charge on any atom is -0.492 e. The molecular formula is C18H17N3O5. The molecule has 0 unspecified atom stereocenters. The van der Waals surface area contributed by atoms with E-state index >= 15 is 0 Å². The van der Waals surface area contributed by atoms with E-state index in [-0.39, 0.29) is 36.0 Å². The number of alkyl carbamates (subject to hydrolysis) is 1. The molecule has 26 heavy (non-hydrogen) atoms. The van der Waals surface area contributed by atoms with Crippen LogP contribution in [0.25, 0.3) is 0 Å². The van der Waals surface area contributed by atoms with E-state index in [0.29, 0.717) is 12.1 Å². The molecule has 8 heteroatoms. The number of rotatable bonds is 6. The van der Waals surface area contributed by atoms with Gasteiger partial charge in [-0.15, -0.1) is 0 Å². The van der Waals surface area contributed by atoms with Crippen molar-refractivity contribution in [1.82, 2.24) is 15.5 Å². The molecule has 1 heterocycles. The van der Waals surface area contributed by atoms with Crippen molar-refractivity contribution >= 4 is 17.7 Å². The van der Waals surface area contributed by atoms with Gasteiger partial charge >= 0.3 is 6.09 Å². The van der Waals surface area contributed by atoms with Crippen LogP contribution in [0.15, 0.2) is 42.2 Å². The average molecular weight is 355 g/mol. The lowest BCUT2D eigenvalue weighted by molar-refractivity contribution is 0.0912. The Kier molecular flexibility index (Phi) is 5.12. The third-order valence-electron chi connectivity index (χ3n) is 3.87. The van der Waals surface area contributed by atoms with Crippen LogP contribution >= 0.6 is 0 Å². The van der Waals surface area contributed by atoms with Crippen molar-refractivity contribution in [3.05, 3.63) is 64.7 Å². The van der Waals surface area contributed by atoms with Crippen LogP contribution in [0, 0.1) is 0 Å². The summed E-state index contributed by atoms with van der Waals surface area (Å²) < 4.78 is 9.98. The number of nitrogens with one attached hydrogen (secondary N) is 2. The SMILES string of the molecule is COC1=CC(=O)c2c(n[nH]c2CCNC(=O)OCc2ccccc2)C1=O. The van der Waals surface area contributed by atoms with E-state index in [0.717, 1.165) is 11.6 Å². The molecule has 0 saturated carbocycles. The predicted octanol–water partition coefficient (Wildman–Crippen LogP) is 1.79. The van der Waals surface area contributed by atoms with Crippen molar-refractivity contribution in [2.24, 2.45) is 0 Å². The highest BCUT2D eigenvalue weighted by Crippen LogP contribution is 2.22. The maximum absolute atomic E-state index is 12.2. The number of fused-ring (bicyclic) bond motifs is 1. The van der Waals surface area contributed by atoms with Gasteiger partial charge in [-0.2, -0.15) is 5.10 Å². The number of H-pyrrole nitrogens is 1. The van der Waals surface area contributed by atoms with Gasteiger partial charge in [-0.3, -0.25) is 14.7 Å². The molecule has 2 N–H and O–H groups in total. The number of hydrogen-bond donors (Lipinski definition) is 2. The van der Waals surface area contributed by atoms with Crippen molar-refractivity contribution in [2.75, 3.05) is 13.7 Å². The Morgan fingerprint density at radius 2 is 2.00 bits per heavy atom. The molecular weight excluding hydrogens is 338 g/mol. The second-order valence-electron chi connectivity index (χ2n) is 5.57. The number of ether oxygens (including phenoxy) is 2. The predicted molar refractivity (Wildman–Crippen MR) is 90.7 cm³/mol. The number of aromatic amines is 1. The number of Topliss-reactive ketones (excluding diaryl/α,β-unsaturated/α-hetero) is 1. The van der Waals surface area contributed by atoms with Gasteiger partial charge in [0, 0.05) is 24.7 Å². The van der Waals surface area contributed by atoms with Gasteiger partial charge in [-0.05, 0) is 5.56 Å². The monoisotopic (exact) mass is 355 g/mol. The fraction of sp³-hybridized carbons (Fsp3) is 0.222. The minimum atomic E-state index is -0.564. The highest BCUT2D eigenvalue weighted by Gasteiger charge is 2.31. The Labute approximate surface area is 149 Å². The number of carbonyl (C=O) groups is 3. The number of carbonyl (C=O) groups excluding carboxylic acids is 3. The fourth-order valence-corrected chi connectivity index (χ4v) is 2.58. The smallest absolute Gasteiger partial charge is 0.407 e. The molecule has 0 atom stereocenters. The van der Waals surface area contributed by atoms with E-state index in [9.17, 15) is 14.4 Å². The van der Waals surface area contributed by atoms with E-state index in [2.05, 4.69) is 15.5 Å². The van der Waals surface area contributed by atoms with Gasteiger partial charge in [-0.1, -0.05) is 30.3 Å². The quantitative estimate of drug-likeness (QED) is 0.817. The highest BCUT2D eigenvalue weighted by molar-refractivity contribution is 6.23. The van der Waals surface area contributed by atoms with Crippen LogP contribution in [0.1, 0.15) is 32.1 Å². The molecule has 1 amide bonds. The first kappa shape index (κ1) is 17.4. The lowest BCUT2D eigenvalue weighted by atomic mass is 9.97. The summed E-state index contributed by atoms with van der Waals surface area (Å²) in [5.41, 5.74) is 1.62. The van der Waals surface area contributed by atoms with E-state index in [4.69, 9.17) is 9.47 Å². The molecule has 0 aliphatic heterocycles. The average Bonchev–Trinajstić information content (AvgIpc) is 3.08. The molecule has 1 aliphatic rings. The van der Waals surface area contributed by atoms with Crippen LogP contribution in [-0.2, 0) is 22.5 Å². The van der Waals surface area contributed by atoms with Crippen LogP contribution in [0.2, 0.25) is 0 Å². The summed E-state index contributed by atoms with van der Waals surface area (Å²) in [6, 6.07) is 9.31. The number of hydrogen-bond acceptors (Lipinski definition) is 6. The number of aromatic nitrogens is 2. The summed E-state index contributed by atoms with van der Waals surface area (Å²) in [4.78, 5) is 36.0. The van der Waals surface area contributed by atoms with E-state index in [1.807, 2.05) is 30.3 Å². The van der Waals surface area contributed by atoms with Crippen molar-refractivity contribution in [3.8, 4) is 0 Å². The third-order valence-corrected chi connectivity index (χ3v) is 3.87. The molecule has 8 nitrogen and oxygen atoms in total. The number of methoxy groups -OCH3 is 1. The molecule has 0 bridgehead atoms. The molecule has 134 valence electrons. The van der Waals surface area contributed by atoms with Gasteiger partial charge in [-0.25, -0.2) is 4.79 Å². The zero-order chi connectivity index (χ0) is 18.5. The molecule has 0 spiro atoms.